The maximum Gasteiger partial charge on any atom is 0.327 e. The van der Waals surface area contributed by atoms with Crippen molar-refractivity contribution in [1.29, 1.82) is 0 Å². The van der Waals surface area contributed by atoms with Gasteiger partial charge in [-0.25, -0.2) is 4.79 Å². The van der Waals surface area contributed by atoms with Crippen LogP contribution < -0.4 is 5.32 Å². The van der Waals surface area contributed by atoms with Crippen molar-refractivity contribution in [3.05, 3.63) is 65.7 Å². The number of amides is 4. The van der Waals surface area contributed by atoms with Crippen LogP contribution in [0.2, 0.25) is 0 Å². The Labute approximate surface area is 176 Å². The zero-order valence-corrected chi connectivity index (χ0v) is 17.3. The number of likely N-dealkylation sites (N-methyl/N-ethyl adjacent to an activating group) is 1. The third-order valence-electron chi connectivity index (χ3n) is 6.31. The second kappa shape index (κ2) is 8.30. The average Bonchev–Trinajstić information content (AvgIpc) is 2.93. The number of hydrogen-bond acceptors (Lipinski definition) is 3. The van der Waals surface area contributed by atoms with E-state index in [0.717, 1.165) is 35.3 Å². The van der Waals surface area contributed by atoms with Crippen LogP contribution in [0.15, 0.2) is 54.6 Å². The number of imide groups is 1. The minimum absolute atomic E-state index is 0.234. The number of carbonyl (C=O) groups is 3. The molecular formula is C24H27N3O3. The fourth-order valence-electron chi connectivity index (χ4n) is 4.62. The molecule has 0 aromatic heterocycles. The molecule has 2 aromatic carbocycles. The van der Waals surface area contributed by atoms with E-state index in [1.165, 1.54) is 0 Å². The minimum atomic E-state index is -0.763. The summed E-state index contributed by atoms with van der Waals surface area (Å²) < 4.78 is 0. The van der Waals surface area contributed by atoms with Gasteiger partial charge in [-0.05, 0) is 36.5 Å². The first-order valence-electron chi connectivity index (χ1n) is 10.5. The fourth-order valence-corrected chi connectivity index (χ4v) is 4.62. The molecule has 30 heavy (non-hydrogen) atoms. The van der Waals surface area contributed by atoms with E-state index in [4.69, 9.17) is 0 Å². The van der Waals surface area contributed by atoms with Crippen molar-refractivity contribution >= 4 is 23.5 Å². The molecule has 6 nitrogen and oxygen atoms in total. The van der Waals surface area contributed by atoms with Crippen LogP contribution in [0.4, 0.5) is 10.5 Å². The van der Waals surface area contributed by atoms with Gasteiger partial charge >= 0.3 is 6.03 Å². The lowest BCUT2D eigenvalue weighted by Gasteiger charge is -2.35. The van der Waals surface area contributed by atoms with Crippen molar-refractivity contribution in [2.24, 2.45) is 0 Å². The lowest BCUT2D eigenvalue weighted by Crippen LogP contribution is -2.49. The lowest BCUT2D eigenvalue weighted by molar-refractivity contribution is -0.136. The maximum absolute atomic E-state index is 13.1. The van der Waals surface area contributed by atoms with E-state index in [9.17, 15) is 14.4 Å². The highest BCUT2D eigenvalue weighted by Crippen LogP contribution is 2.39. The molecule has 1 saturated carbocycles. The number of hydrogen-bond donors (Lipinski definition) is 1. The van der Waals surface area contributed by atoms with Crippen LogP contribution in [-0.4, -0.2) is 46.8 Å². The third kappa shape index (κ3) is 3.70. The van der Waals surface area contributed by atoms with Gasteiger partial charge in [0.15, 0.2) is 0 Å². The van der Waals surface area contributed by atoms with Crippen molar-refractivity contribution in [1.82, 2.24) is 9.80 Å². The number of carbonyl (C=O) groups excluding carboxylic acids is 3. The largest absolute Gasteiger partial charge is 0.327 e. The van der Waals surface area contributed by atoms with Crippen LogP contribution in [0.3, 0.4) is 0 Å². The molecule has 1 saturated heterocycles. The second-order valence-corrected chi connectivity index (χ2v) is 8.19. The number of anilines is 1. The van der Waals surface area contributed by atoms with Gasteiger partial charge < -0.3 is 10.2 Å². The van der Waals surface area contributed by atoms with E-state index in [0.29, 0.717) is 24.9 Å². The molecule has 0 bridgehead atoms. The Morgan fingerprint density at radius 3 is 2.37 bits per heavy atom. The van der Waals surface area contributed by atoms with Crippen molar-refractivity contribution in [3.8, 4) is 0 Å². The van der Waals surface area contributed by atoms with Gasteiger partial charge in [0.2, 0.25) is 5.91 Å². The molecule has 2 fully saturated rings. The number of nitrogens with one attached hydrogen (secondary N) is 1. The summed E-state index contributed by atoms with van der Waals surface area (Å²) in [5, 5.41) is 2.90. The van der Waals surface area contributed by atoms with Crippen LogP contribution in [-0.2, 0) is 16.0 Å². The molecule has 2 aromatic rings. The molecule has 2 aliphatic rings. The molecule has 4 amide bonds. The summed E-state index contributed by atoms with van der Waals surface area (Å²) in [7, 11) is 1.68. The molecular weight excluding hydrogens is 378 g/mol. The predicted octanol–water partition coefficient (Wildman–Crippen LogP) is 3.81. The zero-order valence-electron chi connectivity index (χ0n) is 17.3. The summed E-state index contributed by atoms with van der Waals surface area (Å²) in [5.41, 5.74) is 2.06. The van der Waals surface area contributed by atoms with Crippen LogP contribution in [0.5, 0.6) is 0 Å². The highest BCUT2D eigenvalue weighted by Gasteiger charge is 2.55. The molecule has 0 radical (unpaired) electrons. The van der Waals surface area contributed by atoms with Gasteiger partial charge in [0.05, 0.1) is 0 Å². The van der Waals surface area contributed by atoms with Gasteiger partial charge in [-0.1, -0.05) is 67.8 Å². The monoisotopic (exact) mass is 405 g/mol. The Morgan fingerprint density at radius 2 is 1.63 bits per heavy atom. The van der Waals surface area contributed by atoms with E-state index in [1.54, 1.807) is 11.9 Å². The Kier molecular flexibility index (Phi) is 5.57. The summed E-state index contributed by atoms with van der Waals surface area (Å²) in [6.45, 7) is -0.260. The van der Waals surface area contributed by atoms with Crippen molar-refractivity contribution in [2.45, 2.75) is 44.1 Å². The predicted molar refractivity (Wildman–Crippen MR) is 115 cm³/mol. The molecule has 1 heterocycles. The Hall–Kier alpha value is -3.15. The van der Waals surface area contributed by atoms with Gasteiger partial charge in [0, 0.05) is 12.7 Å². The number of benzene rings is 2. The highest BCUT2D eigenvalue weighted by molar-refractivity contribution is 6.10. The molecule has 156 valence electrons. The number of urea groups is 1. The molecule has 1 N–H and O–H groups in total. The molecule has 4 rings (SSSR count). The van der Waals surface area contributed by atoms with Crippen LogP contribution in [0, 0.1) is 0 Å². The molecule has 0 atom stereocenters. The topological polar surface area (TPSA) is 69.7 Å². The van der Waals surface area contributed by atoms with Crippen LogP contribution in [0.1, 0.15) is 43.2 Å². The minimum Gasteiger partial charge on any atom is -0.324 e. The molecule has 6 heteroatoms. The summed E-state index contributed by atoms with van der Waals surface area (Å²) in [6.07, 6.45) is 4.96. The molecule has 1 aliphatic carbocycles. The van der Waals surface area contributed by atoms with E-state index in [1.807, 2.05) is 54.6 Å². The van der Waals surface area contributed by atoms with Crippen LogP contribution >= 0.6 is 0 Å². The summed E-state index contributed by atoms with van der Waals surface area (Å²) in [5.74, 6) is -0.596. The summed E-state index contributed by atoms with van der Waals surface area (Å²) in [6, 6.07) is 17.3. The zero-order chi connectivity index (χ0) is 21.1. The Bertz CT molecular complexity index is 951. The van der Waals surface area contributed by atoms with Gasteiger partial charge in [0.25, 0.3) is 5.91 Å². The number of rotatable bonds is 5. The second-order valence-electron chi connectivity index (χ2n) is 8.19. The quantitative estimate of drug-likeness (QED) is 0.769. The Morgan fingerprint density at radius 1 is 0.967 bits per heavy atom. The van der Waals surface area contributed by atoms with Crippen molar-refractivity contribution in [2.75, 3.05) is 18.9 Å². The highest BCUT2D eigenvalue weighted by atomic mass is 16.2. The Balaban J connectivity index is 1.47. The summed E-state index contributed by atoms with van der Waals surface area (Å²) in [4.78, 5) is 41.2. The standard InChI is InChI=1S/C24H27N3O3/c1-26-23(30)27(22(29)24(26)14-8-3-9-15-24)17-21(28)25-20-13-7-6-12-19(20)16-18-10-4-2-5-11-18/h2,4-7,10-13H,3,8-9,14-17H2,1H3,(H,25,28). The van der Waals surface area contributed by atoms with Gasteiger partial charge in [-0.2, -0.15) is 0 Å². The van der Waals surface area contributed by atoms with Crippen molar-refractivity contribution < 1.29 is 14.4 Å². The van der Waals surface area contributed by atoms with E-state index < -0.39 is 5.54 Å². The fraction of sp³-hybridized carbons (Fsp3) is 0.375. The third-order valence-corrected chi connectivity index (χ3v) is 6.31. The first kappa shape index (κ1) is 20.1. The number of nitrogens with zero attached hydrogens (tertiary/aromatic N) is 2. The van der Waals surface area contributed by atoms with Crippen molar-refractivity contribution in [3.63, 3.8) is 0 Å². The first-order chi connectivity index (χ1) is 14.5. The number of para-hydroxylation sites is 1. The average molecular weight is 405 g/mol. The lowest BCUT2D eigenvalue weighted by atomic mass is 9.81. The normalized spacial score (nSPS) is 18.2. The van der Waals surface area contributed by atoms with E-state index >= 15 is 0 Å². The molecule has 0 unspecified atom stereocenters. The van der Waals surface area contributed by atoms with Crippen LogP contribution in [0.25, 0.3) is 0 Å². The maximum atomic E-state index is 13.1. The molecule has 1 spiro atoms. The first-order valence-corrected chi connectivity index (χ1v) is 10.5. The van der Waals surface area contributed by atoms with E-state index in [-0.39, 0.29) is 24.4 Å². The molecule has 1 aliphatic heterocycles. The van der Waals surface area contributed by atoms with Gasteiger partial charge in [-0.3, -0.25) is 14.5 Å². The SMILES string of the molecule is CN1C(=O)N(CC(=O)Nc2ccccc2Cc2ccccc2)C(=O)C12CCCCC2. The van der Waals surface area contributed by atoms with Gasteiger partial charge in [0.1, 0.15) is 12.1 Å². The summed E-state index contributed by atoms with van der Waals surface area (Å²) >= 11 is 0. The smallest absolute Gasteiger partial charge is 0.324 e. The van der Waals surface area contributed by atoms with E-state index in [2.05, 4.69) is 5.32 Å². The van der Waals surface area contributed by atoms with Gasteiger partial charge in [-0.15, -0.1) is 0 Å².